The molecule has 7 amide bonds. The Morgan fingerprint density at radius 3 is 1.27 bits per heavy atom. The second-order valence-corrected chi connectivity index (χ2v) is 34.0. The van der Waals surface area contributed by atoms with Crippen LogP contribution < -0.4 is 26.6 Å². The molecule has 5 aliphatic rings. The number of ether oxygens (including phenoxy) is 4. The number of aromatic amines is 4. The van der Waals surface area contributed by atoms with Gasteiger partial charge in [-0.1, -0.05) is 165 Å². The summed E-state index contributed by atoms with van der Waals surface area (Å²) < 4.78 is 18.7. The maximum absolute atomic E-state index is 13.9. The van der Waals surface area contributed by atoms with Crippen LogP contribution in [0.5, 0.6) is 0 Å². The molecule has 15 rings (SSSR count). The number of H-pyrrole nitrogens is 4. The number of aromatic nitrogens is 8. The monoisotopic (exact) mass is 1700 g/mol. The quantitative estimate of drug-likeness (QED) is 0.0251. The minimum absolute atomic E-state index is 0.0254. The molecule has 31 nitrogen and oxygen atoms in total. The van der Waals surface area contributed by atoms with Crippen molar-refractivity contribution in [2.45, 2.75) is 162 Å². The summed E-state index contributed by atoms with van der Waals surface area (Å²) in [7, 11) is 5.06. The van der Waals surface area contributed by atoms with Crippen molar-refractivity contribution >= 4 is 69.6 Å². The predicted octanol–water partition coefficient (Wildman–Crippen LogP) is 15.3. The van der Waals surface area contributed by atoms with E-state index in [0.29, 0.717) is 44.7 Å². The molecule has 12 atom stereocenters. The molecule has 1 aliphatic carbocycles. The number of nitriles is 2. The summed E-state index contributed by atoms with van der Waals surface area (Å²) in [6.45, 7) is 17.3. The van der Waals surface area contributed by atoms with Crippen LogP contribution in [0, 0.1) is 63.6 Å². The van der Waals surface area contributed by atoms with Crippen LogP contribution in [0.3, 0.4) is 0 Å². The molecular formula is C94H110N18O13. The number of hydrogen-bond donors (Lipinski definition) is 10. The Morgan fingerprint density at radius 2 is 0.840 bits per heavy atom. The summed E-state index contributed by atoms with van der Waals surface area (Å²) in [6, 6.07) is 43.1. The molecule has 0 bridgehead atoms. The maximum Gasteiger partial charge on any atom is 0.407 e. The van der Waals surface area contributed by atoms with E-state index in [0.717, 1.165) is 145 Å². The number of imidazole rings is 4. The number of rotatable bonds is 24. The van der Waals surface area contributed by atoms with Crippen molar-refractivity contribution in [1.82, 2.24) is 81.2 Å². The van der Waals surface area contributed by atoms with Crippen molar-refractivity contribution < 1.29 is 62.4 Å². The number of methoxy groups -OCH3 is 4. The van der Waals surface area contributed by atoms with E-state index in [9.17, 15) is 48.9 Å². The highest BCUT2D eigenvalue weighted by Crippen LogP contribution is 2.58. The van der Waals surface area contributed by atoms with Crippen LogP contribution in [0.15, 0.2) is 146 Å². The largest absolute Gasteiger partial charge is 0.480 e. The van der Waals surface area contributed by atoms with E-state index < -0.39 is 60.6 Å². The topological polar surface area (TPSA) is 426 Å². The fourth-order valence-electron chi connectivity index (χ4n) is 17.0. The molecule has 4 saturated heterocycles. The van der Waals surface area contributed by atoms with E-state index in [1.165, 1.54) is 28.4 Å². The number of alkyl carbamates (subject to hydrolysis) is 4. The summed E-state index contributed by atoms with van der Waals surface area (Å²) in [4.78, 5) is 137. The minimum Gasteiger partial charge on any atom is -0.480 e. The van der Waals surface area contributed by atoms with Gasteiger partial charge in [0.05, 0.1) is 124 Å². The van der Waals surface area contributed by atoms with Gasteiger partial charge in [-0.05, 0) is 153 Å². The molecule has 31 heteroatoms. The number of nitrogens with zero attached hydrogens (tertiary/aromatic N) is 9. The third-order valence-corrected chi connectivity index (χ3v) is 25.0. The zero-order chi connectivity index (χ0) is 89.1. The molecule has 0 radical (unpaired) electrons. The number of nitrogens with one attached hydrogen (secondary N) is 9. The molecule has 1 saturated carbocycles. The molecule has 6 aromatic carbocycles. The Balaban J connectivity index is 0.000000192. The van der Waals surface area contributed by atoms with Crippen LogP contribution >= 0.6 is 0 Å². The number of carbonyl (C=O) groups is 8. The van der Waals surface area contributed by atoms with Gasteiger partial charge in [-0.25, -0.2) is 43.9 Å². The molecule has 1 unspecified atom stereocenters. The highest BCUT2D eigenvalue weighted by molar-refractivity contribution is 5.93. The first-order valence-electron chi connectivity index (χ1n) is 42.7. The highest BCUT2D eigenvalue weighted by atomic mass is 16.6. The lowest BCUT2D eigenvalue weighted by atomic mass is 9.97. The molecule has 10 N–H and O–H groups in total. The van der Waals surface area contributed by atoms with E-state index >= 15 is 0 Å². The van der Waals surface area contributed by atoms with Crippen molar-refractivity contribution in [3.63, 3.8) is 0 Å². The number of carboxylic acid groups (broad SMARTS) is 1. The van der Waals surface area contributed by atoms with Gasteiger partial charge in [-0.15, -0.1) is 0 Å². The molecule has 1 spiro atoms. The fourth-order valence-corrected chi connectivity index (χ4v) is 17.0. The Morgan fingerprint density at radius 1 is 0.464 bits per heavy atom. The number of benzene rings is 6. The lowest BCUT2D eigenvalue weighted by Gasteiger charge is -2.30. The summed E-state index contributed by atoms with van der Waals surface area (Å²) >= 11 is 0. The lowest BCUT2D eigenvalue weighted by Crippen LogP contribution is -2.51. The second-order valence-electron chi connectivity index (χ2n) is 34.0. The SMILES string of the molecule is CC[C@H](C)C(NC(=O)OC)C(=O)O.CC[C@H](C)[C@H](NC(=O)OC)C(=O)N1C[C@@H](C#N)C[C@H]1c1ncc(-c2ccc3cc(-c4ccc(-c5cnc([C@@H]6CC7(CC7)CN6C(=O)[C@@H](NC(=O)OC)C(C)C)[nH]5)cc4)ccc3c2)[nH]1.COC(=O)N[C@H](C(=O)N1CCC[C@H]1c1ncc(-c2ccc(-c3ccc4cc(-c5cnc([C@@H]6C[C@H](C#N)CN6)[nH]5)ccc4c3)cc2)[nH]1)C(C)C. The number of carbonyl (C=O) groups excluding carboxylic acids is 7. The van der Waals surface area contributed by atoms with Crippen LogP contribution in [0.1, 0.15) is 161 Å². The lowest BCUT2D eigenvalue weighted by molar-refractivity contribution is -0.141. The first kappa shape index (κ1) is 89.3. The number of aliphatic carboxylic acids is 1. The Hall–Kier alpha value is -13.4. The summed E-state index contributed by atoms with van der Waals surface area (Å²) in [5.74, 6) is 0.608. The second kappa shape index (κ2) is 39.4. The molecule has 654 valence electrons. The van der Waals surface area contributed by atoms with E-state index in [2.05, 4.69) is 189 Å². The predicted molar refractivity (Wildman–Crippen MR) is 470 cm³/mol. The number of amides is 7. The molecule has 8 heterocycles. The van der Waals surface area contributed by atoms with Gasteiger partial charge in [0, 0.05) is 37.3 Å². The van der Waals surface area contributed by atoms with Crippen molar-refractivity contribution in [2.24, 2.45) is 40.9 Å². The molecule has 5 fully saturated rings. The average Bonchev–Trinajstić information content (AvgIpc) is 1.58. The standard InChI is InChI=1S/C48H55N9O6.C38H40N8O3.C8H15NO4/c1-7-28(4)41(55-47(61)63-6)45(59)56-25-29(22-49)18-38(56)42-50-24-37(53-42)35-15-14-33-19-32(12-13-34(33)20-35)30-8-10-31(11-9-30)36-23-51-43(52-36)39-21-48(16-17-48)26-57(39)44(58)40(27(2)3)54-46(60)62-5;1-22(2)34(45-38(48)49-3)37(47)46-14-4-5-33(46)36-42-20-31(44-36)25-8-6-24(7-9-25)26-10-11-28-17-29(13-12-27(28)16-26)32-21-41-35(43-32)30-15-23(18-39)19-40-30;1-4-5(2)6(7(10)11)9-8(12)13-3/h8-15,19-20,23-24,27-29,38-41H,7,16-18,21,25-26H2,1-6H3,(H,50,53)(H,51,52)(H,54,60)(H,55,61);6-13,16-17,20-23,30,33-34,40H,4-5,14-15,19H2,1-3H3,(H,41,43)(H,42,44)(H,45,48);5-6H,4H2,1-3H3,(H,9,12)(H,10,11)/t28-,29+,38-,39-,40-,41-;23-,30+,33+,34+;5-,6?/m010/s1. The van der Waals surface area contributed by atoms with Gasteiger partial charge in [0.25, 0.3) is 0 Å². The Bertz CT molecular complexity index is 5640. The minimum atomic E-state index is -1.04. The van der Waals surface area contributed by atoms with Crippen LogP contribution in [0.25, 0.3) is 88.8 Å². The van der Waals surface area contributed by atoms with Crippen LogP contribution in [0.4, 0.5) is 19.2 Å². The van der Waals surface area contributed by atoms with Gasteiger partial charge in [-0.2, -0.15) is 10.5 Å². The summed E-state index contributed by atoms with van der Waals surface area (Å²) in [5, 5.41) is 46.0. The first-order chi connectivity index (χ1) is 60.2. The van der Waals surface area contributed by atoms with Crippen molar-refractivity contribution in [1.29, 1.82) is 10.5 Å². The molecule has 4 aliphatic heterocycles. The highest BCUT2D eigenvalue weighted by Gasteiger charge is 2.55. The fraction of sp³-hybridized carbons (Fsp3) is 0.426. The molecular weight excluding hydrogens is 1590 g/mol. The third kappa shape index (κ3) is 20.4. The van der Waals surface area contributed by atoms with Gasteiger partial charge in [-0.3, -0.25) is 14.4 Å². The van der Waals surface area contributed by atoms with Crippen LogP contribution in [0.2, 0.25) is 0 Å². The van der Waals surface area contributed by atoms with Crippen LogP contribution in [-0.4, -0.2) is 187 Å². The third-order valence-electron chi connectivity index (χ3n) is 25.0. The molecule has 125 heavy (non-hydrogen) atoms. The number of carboxylic acids is 1. The average molecular weight is 1700 g/mol. The van der Waals surface area contributed by atoms with Gasteiger partial charge in [0.1, 0.15) is 47.5 Å². The Labute approximate surface area is 725 Å². The van der Waals surface area contributed by atoms with E-state index in [4.69, 9.17) is 29.3 Å². The zero-order valence-corrected chi connectivity index (χ0v) is 72.5. The van der Waals surface area contributed by atoms with E-state index in [-0.39, 0.29) is 83.3 Å². The smallest absolute Gasteiger partial charge is 0.407 e. The first-order valence-corrected chi connectivity index (χ1v) is 42.7. The number of likely N-dealkylation sites (tertiary alicyclic amines) is 3. The van der Waals surface area contributed by atoms with E-state index in [1.54, 1.807) is 18.0 Å². The van der Waals surface area contributed by atoms with Gasteiger partial charge >= 0.3 is 30.3 Å². The number of hydrogen-bond acceptors (Lipinski definition) is 19. The Kier molecular flexibility index (Phi) is 28.2. The number of fused-ring (bicyclic) bond motifs is 2. The van der Waals surface area contributed by atoms with Gasteiger partial charge < -0.3 is 85.3 Å². The van der Waals surface area contributed by atoms with Gasteiger partial charge in [0.15, 0.2) is 0 Å². The van der Waals surface area contributed by atoms with Crippen molar-refractivity contribution in [2.75, 3.05) is 54.6 Å². The van der Waals surface area contributed by atoms with Crippen molar-refractivity contribution in [3.8, 4) is 79.4 Å². The molecule has 10 aromatic rings. The molecule has 4 aromatic heterocycles. The van der Waals surface area contributed by atoms with Crippen molar-refractivity contribution in [3.05, 3.63) is 169 Å². The normalized spacial score (nSPS) is 19.4. The maximum atomic E-state index is 13.9. The zero-order valence-electron chi connectivity index (χ0n) is 72.5. The van der Waals surface area contributed by atoms with E-state index in [1.807, 2.05) is 82.9 Å². The summed E-state index contributed by atoms with van der Waals surface area (Å²) in [6.07, 6.45) is 11.9. The van der Waals surface area contributed by atoms with Gasteiger partial charge in [0.2, 0.25) is 17.7 Å². The summed E-state index contributed by atoms with van der Waals surface area (Å²) in [5.41, 5.74) is 12.0. The van der Waals surface area contributed by atoms with Crippen LogP contribution in [-0.2, 0) is 38.1 Å².